The number of rotatable bonds is 7. The maximum absolute atomic E-state index is 5.32. The van der Waals surface area contributed by atoms with E-state index in [4.69, 9.17) is 19.9 Å². The number of fused-ring (bicyclic) bond motifs is 4. The normalized spacial score (nSPS) is 11.3. The number of nitrogens with zero attached hydrogens (tertiary/aromatic N) is 4. The molecule has 0 saturated carbocycles. The molecule has 2 heterocycles. The topological polar surface area (TPSA) is 51.6 Å². The van der Waals surface area contributed by atoms with Gasteiger partial charge in [-0.25, -0.2) is 19.9 Å². The van der Waals surface area contributed by atoms with Gasteiger partial charge in [-0.05, 0) is 73.8 Å². The summed E-state index contributed by atoms with van der Waals surface area (Å²) in [6.45, 7) is 0. The van der Waals surface area contributed by atoms with Crippen LogP contribution in [0.4, 0.5) is 0 Å². The number of benzene rings is 9. The van der Waals surface area contributed by atoms with E-state index in [-0.39, 0.29) is 0 Å². The maximum Gasteiger partial charge on any atom is 0.164 e. The highest BCUT2D eigenvalue weighted by Gasteiger charge is 2.19. The smallest absolute Gasteiger partial charge is 0.164 e. The van der Waals surface area contributed by atoms with Crippen molar-refractivity contribution in [2.75, 3.05) is 0 Å². The van der Waals surface area contributed by atoms with Crippen LogP contribution in [0.5, 0.6) is 0 Å². The second-order valence-electron chi connectivity index (χ2n) is 15.0. The Morgan fingerprint density at radius 3 is 1.23 bits per heavy atom. The summed E-state index contributed by atoms with van der Waals surface area (Å²) in [6, 6.07) is 76.5. The molecule has 4 nitrogen and oxygen atoms in total. The molecule has 0 bridgehead atoms. The molecule has 280 valence electrons. The lowest BCUT2D eigenvalue weighted by molar-refractivity contribution is 1.07. The Morgan fingerprint density at radius 2 is 0.617 bits per heavy atom. The summed E-state index contributed by atoms with van der Waals surface area (Å²) in [5, 5.41) is 5.76. The van der Waals surface area contributed by atoms with Crippen LogP contribution in [0.25, 0.3) is 111 Å². The molecule has 0 amide bonds. The predicted octanol–water partition coefficient (Wildman–Crippen LogP) is 14.4. The number of hydrogen-bond donors (Lipinski definition) is 0. The largest absolute Gasteiger partial charge is 0.247 e. The van der Waals surface area contributed by atoms with Gasteiger partial charge in [0.15, 0.2) is 17.5 Å². The first-order valence-corrected chi connectivity index (χ1v) is 20.2. The fraction of sp³-hybridized carbons (Fsp3) is 0. The van der Waals surface area contributed by atoms with Crippen molar-refractivity contribution in [1.82, 2.24) is 19.9 Å². The van der Waals surface area contributed by atoms with Crippen molar-refractivity contribution in [3.05, 3.63) is 218 Å². The van der Waals surface area contributed by atoms with Gasteiger partial charge in [-0.1, -0.05) is 194 Å². The molecule has 2 aromatic heterocycles. The van der Waals surface area contributed by atoms with Crippen LogP contribution in [0.15, 0.2) is 218 Å². The van der Waals surface area contributed by atoms with E-state index in [2.05, 4.69) is 158 Å². The molecule has 11 rings (SSSR count). The van der Waals surface area contributed by atoms with E-state index >= 15 is 0 Å². The zero-order valence-electron chi connectivity index (χ0n) is 32.6. The predicted molar refractivity (Wildman–Crippen MR) is 248 cm³/mol. The number of aromatic nitrogens is 4. The van der Waals surface area contributed by atoms with E-state index in [0.29, 0.717) is 17.5 Å². The summed E-state index contributed by atoms with van der Waals surface area (Å²) in [4.78, 5) is 20.7. The summed E-state index contributed by atoms with van der Waals surface area (Å²) in [5.74, 6) is 1.86. The van der Waals surface area contributed by atoms with Gasteiger partial charge in [0.2, 0.25) is 0 Å². The van der Waals surface area contributed by atoms with E-state index in [1.54, 1.807) is 0 Å². The van der Waals surface area contributed by atoms with E-state index in [1.165, 1.54) is 5.39 Å². The van der Waals surface area contributed by atoms with E-state index in [1.807, 2.05) is 60.7 Å². The van der Waals surface area contributed by atoms with Crippen LogP contribution in [-0.4, -0.2) is 19.9 Å². The molecule has 9 aromatic carbocycles. The molecular formula is C56H36N4. The average Bonchev–Trinajstić information content (AvgIpc) is 3.34. The van der Waals surface area contributed by atoms with Crippen molar-refractivity contribution in [3.63, 3.8) is 0 Å². The highest BCUT2D eigenvalue weighted by atomic mass is 15.0. The lowest BCUT2D eigenvalue weighted by atomic mass is 9.88. The highest BCUT2D eigenvalue weighted by Crippen LogP contribution is 2.42. The van der Waals surface area contributed by atoms with Crippen LogP contribution < -0.4 is 0 Å². The van der Waals surface area contributed by atoms with Crippen LogP contribution >= 0.6 is 0 Å². The first-order chi connectivity index (χ1) is 29.7. The molecule has 0 spiro atoms. The molecule has 0 saturated heterocycles. The molecule has 0 N–H and O–H groups in total. The summed E-state index contributed by atoms with van der Waals surface area (Å²) < 4.78 is 0. The van der Waals surface area contributed by atoms with Crippen LogP contribution in [0, 0.1) is 0 Å². The third-order valence-electron chi connectivity index (χ3n) is 11.3. The lowest BCUT2D eigenvalue weighted by Crippen LogP contribution is -2.00. The minimum atomic E-state index is 0.607. The van der Waals surface area contributed by atoms with E-state index < -0.39 is 0 Å². The first-order valence-electron chi connectivity index (χ1n) is 20.2. The molecule has 0 atom stereocenters. The Balaban J connectivity index is 1.16. The highest BCUT2D eigenvalue weighted by molar-refractivity contribution is 6.15. The first kappa shape index (κ1) is 35.1. The van der Waals surface area contributed by atoms with Gasteiger partial charge in [0.25, 0.3) is 0 Å². The Morgan fingerprint density at radius 1 is 0.217 bits per heavy atom. The zero-order valence-corrected chi connectivity index (χ0v) is 32.6. The summed E-state index contributed by atoms with van der Waals surface area (Å²) in [5.41, 5.74) is 12.5. The van der Waals surface area contributed by atoms with Gasteiger partial charge in [0.1, 0.15) is 0 Å². The van der Waals surface area contributed by atoms with Crippen LogP contribution in [0.3, 0.4) is 0 Å². The SMILES string of the molecule is c1ccc(-c2nc(-c3ccccc3)nc(-c3cc(-c4ccccc4-c4ccccc4)cc(-c4ccc(-c5nc6ccccc6c6ccccc56)c5ccccc45)c3)n2)cc1. The fourth-order valence-electron chi connectivity index (χ4n) is 8.48. The van der Waals surface area contributed by atoms with Gasteiger partial charge in [-0.15, -0.1) is 0 Å². The second-order valence-corrected chi connectivity index (χ2v) is 15.0. The quantitative estimate of drug-likeness (QED) is 0.152. The number of pyridine rings is 1. The zero-order chi connectivity index (χ0) is 39.8. The van der Waals surface area contributed by atoms with Gasteiger partial charge < -0.3 is 0 Å². The lowest BCUT2D eigenvalue weighted by Gasteiger charge is -2.17. The van der Waals surface area contributed by atoms with Gasteiger partial charge in [-0.3, -0.25) is 0 Å². The Kier molecular flexibility index (Phi) is 8.79. The second kappa shape index (κ2) is 15.0. The van der Waals surface area contributed by atoms with Crippen LogP contribution in [0.1, 0.15) is 0 Å². The molecule has 0 aliphatic rings. The minimum absolute atomic E-state index is 0.607. The van der Waals surface area contributed by atoms with Crippen molar-refractivity contribution in [1.29, 1.82) is 0 Å². The standard InChI is InChI=1S/C56H36N4/c1-4-18-37(19-5-1)43-24-10-11-25-44(43)40-34-41(36-42(35-40)56-59-54(38-20-6-2-7-21-38)58-55(60-56)39-22-8-3-9-23-39)45-32-33-51(47-27-13-12-26-46(45)47)53-50-30-15-14-28-48(50)49-29-16-17-31-52(49)57-53/h1-36H. The summed E-state index contributed by atoms with van der Waals surface area (Å²) >= 11 is 0. The Labute approximate surface area is 348 Å². The van der Waals surface area contributed by atoms with E-state index in [0.717, 1.165) is 88.4 Å². The molecule has 0 radical (unpaired) electrons. The van der Waals surface area contributed by atoms with Crippen LogP contribution in [0.2, 0.25) is 0 Å². The van der Waals surface area contributed by atoms with Crippen molar-refractivity contribution < 1.29 is 0 Å². The summed E-state index contributed by atoms with van der Waals surface area (Å²) in [6.07, 6.45) is 0. The summed E-state index contributed by atoms with van der Waals surface area (Å²) in [7, 11) is 0. The number of hydrogen-bond acceptors (Lipinski definition) is 4. The third kappa shape index (κ3) is 6.37. The van der Waals surface area contributed by atoms with Crippen molar-refractivity contribution in [2.45, 2.75) is 0 Å². The maximum atomic E-state index is 5.32. The molecule has 11 aromatic rings. The molecule has 0 aliphatic heterocycles. The molecule has 0 unspecified atom stereocenters. The van der Waals surface area contributed by atoms with Gasteiger partial charge in [0, 0.05) is 33.0 Å². The molecule has 0 aliphatic carbocycles. The van der Waals surface area contributed by atoms with Gasteiger partial charge in [0.05, 0.1) is 11.2 Å². The van der Waals surface area contributed by atoms with Crippen LogP contribution in [-0.2, 0) is 0 Å². The average molecular weight is 765 g/mol. The van der Waals surface area contributed by atoms with Gasteiger partial charge >= 0.3 is 0 Å². The minimum Gasteiger partial charge on any atom is -0.247 e. The molecule has 4 heteroatoms. The Bertz CT molecular complexity index is 3300. The molecule has 0 fully saturated rings. The third-order valence-corrected chi connectivity index (χ3v) is 11.3. The van der Waals surface area contributed by atoms with Crippen molar-refractivity contribution in [3.8, 4) is 78.8 Å². The van der Waals surface area contributed by atoms with Crippen molar-refractivity contribution >= 4 is 32.4 Å². The fourth-order valence-corrected chi connectivity index (χ4v) is 8.48. The Hall–Kier alpha value is -8.08. The number of para-hydroxylation sites is 1. The van der Waals surface area contributed by atoms with Crippen molar-refractivity contribution in [2.24, 2.45) is 0 Å². The monoisotopic (exact) mass is 764 g/mol. The molecular weight excluding hydrogens is 729 g/mol. The van der Waals surface area contributed by atoms with Gasteiger partial charge in [-0.2, -0.15) is 0 Å². The molecule has 60 heavy (non-hydrogen) atoms. The van der Waals surface area contributed by atoms with E-state index in [9.17, 15) is 0 Å².